The lowest BCUT2D eigenvalue weighted by atomic mass is 10.1. The van der Waals surface area contributed by atoms with E-state index in [-0.39, 0.29) is 24.2 Å². The maximum atomic E-state index is 12.6. The highest BCUT2D eigenvalue weighted by molar-refractivity contribution is 6.03. The summed E-state index contributed by atoms with van der Waals surface area (Å²) < 4.78 is 0. The molecule has 28 heavy (non-hydrogen) atoms. The molecule has 2 fully saturated rings. The first-order valence-corrected chi connectivity index (χ1v) is 9.60. The first-order valence-electron chi connectivity index (χ1n) is 9.60. The number of carbonyl (C=O) groups is 2. The monoisotopic (exact) mass is 374 g/mol. The standard InChI is InChI=1S/C22H22N4O2/c23-14-16-3-7-20(8-4-16)26-15-17(13-21(26)27)22(28)24-18-5-9-19(10-6-18)25-11-1-2-12-25/h3-10,17H,1-2,11-13,15H2,(H,24,28). The summed E-state index contributed by atoms with van der Waals surface area (Å²) in [5.41, 5.74) is 3.19. The van der Waals surface area contributed by atoms with Crippen LogP contribution in [0.15, 0.2) is 48.5 Å². The lowest BCUT2D eigenvalue weighted by molar-refractivity contribution is -0.122. The number of nitrogens with one attached hydrogen (secondary N) is 1. The summed E-state index contributed by atoms with van der Waals surface area (Å²) in [7, 11) is 0. The number of rotatable bonds is 4. The highest BCUT2D eigenvalue weighted by Gasteiger charge is 2.35. The van der Waals surface area contributed by atoms with E-state index in [2.05, 4.69) is 16.3 Å². The second-order valence-electron chi connectivity index (χ2n) is 7.29. The quantitative estimate of drug-likeness (QED) is 0.892. The lowest BCUT2D eigenvalue weighted by Crippen LogP contribution is -2.28. The van der Waals surface area contributed by atoms with Gasteiger partial charge in [-0.05, 0) is 61.4 Å². The van der Waals surface area contributed by atoms with Crippen molar-refractivity contribution in [3.05, 3.63) is 54.1 Å². The minimum atomic E-state index is -0.388. The summed E-state index contributed by atoms with van der Waals surface area (Å²) in [6.45, 7) is 2.52. The van der Waals surface area contributed by atoms with Crippen LogP contribution in [0.2, 0.25) is 0 Å². The summed E-state index contributed by atoms with van der Waals surface area (Å²) in [6, 6.07) is 16.8. The molecule has 2 heterocycles. The van der Waals surface area contributed by atoms with E-state index < -0.39 is 0 Å². The first-order chi connectivity index (χ1) is 13.6. The highest BCUT2D eigenvalue weighted by atomic mass is 16.2. The van der Waals surface area contributed by atoms with Crippen molar-refractivity contribution in [2.75, 3.05) is 34.8 Å². The zero-order chi connectivity index (χ0) is 19.5. The number of hydrogen-bond donors (Lipinski definition) is 1. The van der Waals surface area contributed by atoms with Gasteiger partial charge in [0.05, 0.1) is 17.6 Å². The second-order valence-corrected chi connectivity index (χ2v) is 7.29. The van der Waals surface area contributed by atoms with Crippen LogP contribution < -0.4 is 15.1 Å². The van der Waals surface area contributed by atoms with Crippen molar-refractivity contribution < 1.29 is 9.59 Å². The van der Waals surface area contributed by atoms with Gasteiger partial charge >= 0.3 is 0 Å². The Labute approximate surface area is 164 Å². The van der Waals surface area contributed by atoms with E-state index in [0.29, 0.717) is 17.8 Å². The van der Waals surface area contributed by atoms with Crippen LogP contribution in [0.4, 0.5) is 17.1 Å². The van der Waals surface area contributed by atoms with E-state index in [0.717, 1.165) is 18.8 Å². The molecule has 0 aromatic heterocycles. The molecule has 2 aliphatic rings. The van der Waals surface area contributed by atoms with Crippen LogP contribution in [0, 0.1) is 17.2 Å². The predicted octanol–water partition coefficient (Wildman–Crippen LogP) is 3.15. The third-order valence-electron chi connectivity index (χ3n) is 5.41. The van der Waals surface area contributed by atoms with Gasteiger partial charge in [-0.1, -0.05) is 0 Å². The van der Waals surface area contributed by atoms with Crippen LogP contribution in [0.1, 0.15) is 24.8 Å². The smallest absolute Gasteiger partial charge is 0.229 e. The molecule has 2 aromatic carbocycles. The number of hydrogen-bond acceptors (Lipinski definition) is 4. The Hall–Kier alpha value is -3.33. The van der Waals surface area contributed by atoms with Gasteiger partial charge in [-0.25, -0.2) is 0 Å². The lowest BCUT2D eigenvalue weighted by Gasteiger charge is -2.18. The maximum Gasteiger partial charge on any atom is 0.229 e. The normalized spacial score (nSPS) is 19.0. The van der Waals surface area contributed by atoms with Crippen molar-refractivity contribution in [2.24, 2.45) is 5.92 Å². The molecule has 0 bridgehead atoms. The molecule has 142 valence electrons. The van der Waals surface area contributed by atoms with E-state index in [9.17, 15) is 9.59 Å². The Bertz CT molecular complexity index is 909. The van der Waals surface area contributed by atoms with Crippen molar-refractivity contribution in [1.29, 1.82) is 5.26 Å². The largest absolute Gasteiger partial charge is 0.372 e. The molecular weight excluding hydrogens is 352 g/mol. The molecule has 0 saturated carbocycles. The number of nitrogens with zero attached hydrogens (tertiary/aromatic N) is 3. The molecule has 1 N–H and O–H groups in total. The Morgan fingerprint density at radius 1 is 1.00 bits per heavy atom. The van der Waals surface area contributed by atoms with Crippen LogP contribution in [0.5, 0.6) is 0 Å². The summed E-state index contributed by atoms with van der Waals surface area (Å²) in [6.07, 6.45) is 2.64. The van der Waals surface area contributed by atoms with Crippen molar-refractivity contribution in [3.8, 4) is 6.07 Å². The number of anilines is 3. The highest BCUT2D eigenvalue weighted by Crippen LogP contribution is 2.27. The van der Waals surface area contributed by atoms with Crippen molar-refractivity contribution in [2.45, 2.75) is 19.3 Å². The summed E-state index contributed by atoms with van der Waals surface area (Å²) in [5.74, 6) is -0.603. The van der Waals surface area contributed by atoms with Gasteiger partial charge in [-0.2, -0.15) is 5.26 Å². The van der Waals surface area contributed by atoms with Gasteiger partial charge < -0.3 is 15.1 Å². The van der Waals surface area contributed by atoms with E-state index >= 15 is 0 Å². The van der Waals surface area contributed by atoms with E-state index in [1.165, 1.54) is 18.5 Å². The molecule has 2 saturated heterocycles. The van der Waals surface area contributed by atoms with Crippen molar-refractivity contribution in [1.82, 2.24) is 0 Å². The first kappa shape index (κ1) is 18.1. The minimum Gasteiger partial charge on any atom is -0.372 e. The van der Waals surface area contributed by atoms with Gasteiger partial charge in [0.25, 0.3) is 0 Å². The molecule has 1 atom stereocenters. The third kappa shape index (κ3) is 3.70. The van der Waals surface area contributed by atoms with Crippen LogP contribution in [-0.4, -0.2) is 31.4 Å². The Balaban J connectivity index is 1.38. The molecule has 4 rings (SSSR count). The van der Waals surface area contributed by atoms with Crippen LogP contribution >= 0.6 is 0 Å². The molecule has 0 spiro atoms. The Morgan fingerprint density at radius 3 is 2.29 bits per heavy atom. The molecule has 2 aromatic rings. The van der Waals surface area contributed by atoms with Crippen LogP contribution in [-0.2, 0) is 9.59 Å². The molecule has 6 nitrogen and oxygen atoms in total. The van der Waals surface area contributed by atoms with Gasteiger partial charge in [-0.15, -0.1) is 0 Å². The van der Waals surface area contributed by atoms with Gasteiger partial charge in [0, 0.05) is 43.1 Å². The van der Waals surface area contributed by atoms with Crippen molar-refractivity contribution >= 4 is 28.9 Å². The second kappa shape index (κ2) is 7.73. The number of nitriles is 1. The summed E-state index contributed by atoms with van der Waals surface area (Å²) in [4.78, 5) is 29.0. The van der Waals surface area contributed by atoms with Gasteiger partial charge in [0.2, 0.25) is 11.8 Å². The predicted molar refractivity (Wildman–Crippen MR) is 108 cm³/mol. The number of benzene rings is 2. The van der Waals surface area contributed by atoms with Gasteiger partial charge in [0.1, 0.15) is 0 Å². The summed E-state index contributed by atoms with van der Waals surface area (Å²) >= 11 is 0. The molecule has 0 radical (unpaired) electrons. The SMILES string of the molecule is N#Cc1ccc(N2CC(C(=O)Nc3ccc(N4CCCC4)cc3)CC2=O)cc1. The molecule has 0 aliphatic carbocycles. The zero-order valence-corrected chi connectivity index (χ0v) is 15.6. The Morgan fingerprint density at radius 2 is 1.64 bits per heavy atom. The third-order valence-corrected chi connectivity index (χ3v) is 5.41. The Kier molecular flexibility index (Phi) is 4.98. The van der Waals surface area contributed by atoms with Crippen LogP contribution in [0.3, 0.4) is 0 Å². The fourth-order valence-electron chi connectivity index (χ4n) is 3.82. The van der Waals surface area contributed by atoms with Gasteiger partial charge in [0.15, 0.2) is 0 Å². The zero-order valence-electron chi connectivity index (χ0n) is 15.6. The van der Waals surface area contributed by atoms with E-state index in [1.54, 1.807) is 29.2 Å². The number of carbonyl (C=O) groups excluding carboxylic acids is 2. The van der Waals surface area contributed by atoms with E-state index in [4.69, 9.17) is 5.26 Å². The maximum absolute atomic E-state index is 12.6. The average Bonchev–Trinajstić information content (AvgIpc) is 3.39. The topological polar surface area (TPSA) is 76.4 Å². The van der Waals surface area contributed by atoms with Crippen LogP contribution in [0.25, 0.3) is 0 Å². The summed E-state index contributed by atoms with van der Waals surface area (Å²) in [5, 5.41) is 11.8. The van der Waals surface area contributed by atoms with Crippen molar-refractivity contribution in [3.63, 3.8) is 0 Å². The average molecular weight is 374 g/mol. The molecular formula is C22H22N4O2. The number of amides is 2. The minimum absolute atomic E-state index is 0.0748. The fourth-order valence-corrected chi connectivity index (χ4v) is 3.82. The molecule has 2 aliphatic heterocycles. The molecule has 1 unspecified atom stereocenters. The van der Waals surface area contributed by atoms with E-state index in [1.807, 2.05) is 24.3 Å². The molecule has 6 heteroatoms. The van der Waals surface area contributed by atoms with Gasteiger partial charge in [-0.3, -0.25) is 9.59 Å². The molecule has 2 amide bonds. The fraction of sp³-hybridized carbons (Fsp3) is 0.318.